The van der Waals surface area contributed by atoms with E-state index in [2.05, 4.69) is 15.9 Å². The molecule has 0 saturated carbocycles. The summed E-state index contributed by atoms with van der Waals surface area (Å²) < 4.78 is 13.3. The predicted molar refractivity (Wildman–Crippen MR) is 39.2 cm³/mol. The summed E-state index contributed by atoms with van der Waals surface area (Å²) >= 11 is 3.24. The first kappa shape index (κ1) is 7.06. The smallest absolute Gasteiger partial charge is 0.123 e. The van der Waals surface area contributed by atoms with Crippen molar-refractivity contribution in [2.75, 3.05) is 13.6 Å². The molecule has 1 unspecified atom stereocenters. The van der Waals surface area contributed by atoms with Crippen molar-refractivity contribution in [3.05, 3.63) is 10.7 Å². The van der Waals surface area contributed by atoms with E-state index in [4.69, 9.17) is 0 Å². The maximum absolute atomic E-state index is 12.5. The van der Waals surface area contributed by atoms with Gasteiger partial charge < -0.3 is 4.90 Å². The molecular formula is C6H9BrFN. The van der Waals surface area contributed by atoms with Crippen molar-refractivity contribution >= 4 is 15.9 Å². The molecular weight excluding hydrogens is 185 g/mol. The minimum atomic E-state index is -0.754. The summed E-state index contributed by atoms with van der Waals surface area (Å²) in [5, 5.41) is 0. The number of allylic oxidation sites excluding steroid dienone is 1. The topological polar surface area (TPSA) is 3.24 Å². The fourth-order valence-electron chi connectivity index (χ4n) is 0.784. The van der Waals surface area contributed by atoms with Crippen molar-refractivity contribution in [2.45, 2.75) is 12.6 Å². The van der Waals surface area contributed by atoms with E-state index in [1.54, 1.807) is 6.08 Å². The quantitative estimate of drug-likeness (QED) is 0.532. The van der Waals surface area contributed by atoms with Gasteiger partial charge in [0.1, 0.15) is 6.17 Å². The number of hydrogen-bond acceptors (Lipinski definition) is 1. The molecule has 52 valence electrons. The zero-order chi connectivity index (χ0) is 6.85. The van der Waals surface area contributed by atoms with E-state index >= 15 is 0 Å². The van der Waals surface area contributed by atoms with Crippen LogP contribution in [0, 0.1) is 0 Å². The number of rotatable bonds is 0. The molecule has 1 aliphatic heterocycles. The first-order chi connectivity index (χ1) is 4.20. The summed E-state index contributed by atoms with van der Waals surface area (Å²) in [6, 6.07) is 0. The van der Waals surface area contributed by atoms with Gasteiger partial charge in [-0.3, -0.25) is 0 Å². The molecule has 0 aromatic heterocycles. The first-order valence-corrected chi connectivity index (χ1v) is 3.72. The highest BCUT2D eigenvalue weighted by atomic mass is 79.9. The molecule has 1 atom stereocenters. The Morgan fingerprint density at radius 3 is 3.00 bits per heavy atom. The molecule has 0 radical (unpaired) electrons. The summed E-state index contributed by atoms with van der Waals surface area (Å²) in [6.45, 7) is 0.804. The van der Waals surface area contributed by atoms with E-state index in [9.17, 15) is 4.39 Å². The molecule has 1 nitrogen and oxygen atoms in total. The van der Waals surface area contributed by atoms with Crippen LogP contribution in [0.15, 0.2) is 10.7 Å². The van der Waals surface area contributed by atoms with Gasteiger partial charge in [0.2, 0.25) is 0 Å². The van der Waals surface area contributed by atoms with Crippen molar-refractivity contribution in [3.8, 4) is 0 Å². The SMILES string of the molecule is CN1CCC(F)C=C1Br. The second-order valence-electron chi connectivity index (χ2n) is 2.22. The van der Waals surface area contributed by atoms with Gasteiger partial charge in [0, 0.05) is 13.6 Å². The Morgan fingerprint density at radius 2 is 2.56 bits per heavy atom. The molecule has 0 saturated heterocycles. The largest absolute Gasteiger partial charge is 0.369 e. The average molecular weight is 194 g/mol. The third-order valence-corrected chi connectivity index (χ3v) is 2.29. The van der Waals surface area contributed by atoms with Crippen molar-refractivity contribution in [3.63, 3.8) is 0 Å². The highest BCUT2D eigenvalue weighted by molar-refractivity contribution is 9.11. The lowest BCUT2D eigenvalue weighted by Gasteiger charge is -2.23. The summed E-state index contributed by atoms with van der Waals surface area (Å²) in [5.41, 5.74) is 0. The summed E-state index contributed by atoms with van der Waals surface area (Å²) in [7, 11) is 1.94. The number of hydrogen-bond donors (Lipinski definition) is 0. The average Bonchev–Trinajstić information content (AvgIpc) is 1.80. The number of halogens is 2. The van der Waals surface area contributed by atoms with Gasteiger partial charge in [-0.1, -0.05) is 0 Å². The van der Waals surface area contributed by atoms with Crippen LogP contribution < -0.4 is 0 Å². The molecule has 0 aromatic rings. The predicted octanol–water partition coefficient (Wildman–Crippen LogP) is 1.90. The number of nitrogens with zero attached hydrogens (tertiary/aromatic N) is 1. The highest BCUT2D eigenvalue weighted by Gasteiger charge is 2.13. The molecule has 0 amide bonds. The van der Waals surface area contributed by atoms with Crippen LogP contribution in [0.3, 0.4) is 0 Å². The Bertz CT molecular complexity index is 135. The Morgan fingerprint density at radius 1 is 1.89 bits per heavy atom. The maximum Gasteiger partial charge on any atom is 0.123 e. The molecule has 0 fully saturated rings. The zero-order valence-corrected chi connectivity index (χ0v) is 6.86. The standard InChI is InChI=1S/C6H9BrFN/c1-9-3-2-5(8)4-6(9)7/h4-5H,2-3H2,1H3. The molecule has 1 aliphatic rings. The first-order valence-electron chi connectivity index (χ1n) is 2.92. The van der Waals surface area contributed by atoms with Gasteiger partial charge in [0.25, 0.3) is 0 Å². The van der Waals surface area contributed by atoms with E-state index in [-0.39, 0.29) is 0 Å². The molecule has 0 aliphatic carbocycles. The van der Waals surface area contributed by atoms with Gasteiger partial charge in [-0.25, -0.2) is 4.39 Å². The van der Waals surface area contributed by atoms with Gasteiger partial charge in [-0.15, -0.1) is 0 Å². The van der Waals surface area contributed by atoms with E-state index in [1.807, 2.05) is 11.9 Å². The highest BCUT2D eigenvalue weighted by Crippen LogP contribution is 2.19. The third kappa shape index (κ3) is 1.68. The Hall–Kier alpha value is -0.0500. The van der Waals surface area contributed by atoms with Gasteiger partial charge in [0.15, 0.2) is 0 Å². The summed E-state index contributed by atoms with van der Waals surface area (Å²) in [4.78, 5) is 1.98. The molecule has 0 aromatic carbocycles. The van der Waals surface area contributed by atoms with E-state index in [1.165, 1.54) is 0 Å². The fraction of sp³-hybridized carbons (Fsp3) is 0.667. The lowest BCUT2D eigenvalue weighted by molar-refractivity contribution is 0.300. The van der Waals surface area contributed by atoms with Crippen molar-refractivity contribution in [2.24, 2.45) is 0 Å². The van der Waals surface area contributed by atoms with Crippen molar-refractivity contribution in [1.29, 1.82) is 0 Å². The summed E-state index contributed by atoms with van der Waals surface area (Å²) in [6.07, 6.45) is 1.45. The van der Waals surface area contributed by atoms with E-state index in [0.29, 0.717) is 6.42 Å². The minimum absolute atomic E-state index is 0.617. The van der Waals surface area contributed by atoms with Crippen LogP contribution in [0.1, 0.15) is 6.42 Å². The maximum atomic E-state index is 12.5. The second kappa shape index (κ2) is 2.69. The lowest BCUT2D eigenvalue weighted by atomic mass is 10.2. The third-order valence-electron chi connectivity index (χ3n) is 1.42. The van der Waals surface area contributed by atoms with E-state index < -0.39 is 6.17 Å². The van der Waals surface area contributed by atoms with E-state index in [0.717, 1.165) is 11.2 Å². The van der Waals surface area contributed by atoms with Crippen LogP contribution in [0.2, 0.25) is 0 Å². The molecule has 1 heterocycles. The molecule has 0 bridgehead atoms. The van der Waals surface area contributed by atoms with Crippen LogP contribution in [-0.4, -0.2) is 24.7 Å². The van der Waals surface area contributed by atoms with Crippen molar-refractivity contribution < 1.29 is 4.39 Å². The summed E-state index contributed by atoms with van der Waals surface area (Å²) in [5.74, 6) is 0. The van der Waals surface area contributed by atoms with Gasteiger partial charge in [0.05, 0.1) is 4.61 Å². The normalized spacial score (nSPS) is 28.1. The Balaban J connectivity index is 2.61. The van der Waals surface area contributed by atoms with Gasteiger partial charge in [-0.05, 0) is 28.4 Å². The second-order valence-corrected chi connectivity index (χ2v) is 3.03. The van der Waals surface area contributed by atoms with Crippen LogP contribution in [0.4, 0.5) is 4.39 Å². The molecule has 1 rings (SSSR count). The Labute approximate surface area is 62.7 Å². The van der Waals surface area contributed by atoms with Crippen LogP contribution in [0.25, 0.3) is 0 Å². The van der Waals surface area contributed by atoms with Gasteiger partial charge >= 0.3 is 0 Å². The van der Waals surface area contributed by atoms with Crippen LogP contribution >= 0.6 is 15.9 Å². The molecule has 9 heavy (non-hydrogen) atoms. The molecule has 0 spiro atoms. The van der Waals surface area contributed by atoms with Crippen LogP contribution in [-0.2, 0) is 0 Å². The van der Waals surface area contributed by atoms with Crippen molar-refractivity contribution in [1.82, 2.24) is 4.90 Å². The molecule has 3 heteroatoms. The fourth-order valence-corrected chi connectivity index (χ4v) is 1.25. The minimum Gasteiger partial charge on any atom is -0.369 e. The lowest BCUT2D eigenvalue weighted by Crippen LogP contribution is -2.23. The molecule has 0 N–H and O–H groups in total. The Kier molecular flexibility index (Phi) is 2.11. The van der Waals surface area contributed by atoms with Crippen LogP contribution in [0.5, 0.6) is 0 Å². The number of alkyl halides is 1. The monoisotopic (exact) mass is 193 g/mol. The van der Waals surface area contributed by atoms with Gasteiger partial charge in [-0.2, -0.15) is 0 Å². The zero-order valence-electron chi connectivity index (χ0n) is 5.27.